The van der Waals surface area contributed by atoms with Gasteiger partial charge in [-0.25, -0.2) is 14.4 Å². The number of hydrogen-bond acceptors (Lipinski definition) is 5. The normalized spacial score (nSPS) is 10.4. The van der Waals surface area contributed by atoms with Gasteiger partial charge in [0.15, 0.2) is 0 Å². The van der Waals surface area contributed by atoms with E-state index in [9.17, 15) is 9.18 Å². The monoisotopic (exact) mass is 427 g/mol. The average molecular weight is 427 g/mol. The maximum Gasteiger partial charge on any atom is 0.227 e. The van der Waals surface area contributed by atoms with Crippen molar-refractivity contribution in [1.82, 2.24) is 9.97 Å². The van der Waals surface area contributed by atoms with Crippen LogP contribution in [0.25, 0.3) is 11.3 Å². The fourth-order valence-corrected chi connectivity index (χ4v) is 3.18. The number of halogens is 1. The van der Waals surface area contributed by atoms with E-state index in [-0.39, 0.29) is 11.7 Å². The maximum atomic E-state index is 13.8. The predicted octanol–water partition coefficient (Wildman–Crippen LogP) is 5.60. The number of carbonyl (C=O) groups is 1. The molecule has 0 bridgehead atoms. The smallest absolute Gasteiger partial charge is 0.227 e. The molecular formula is C25H22FN5O. The molecule has 4 aromatic rings. The molecular weight excluding hydrogens is 405 g/mol. The number of rotatable bonds is 7. The summed E-state index contributed by atoms with van der Waals surface area (Å²) in [4.78, 5) is 20.1. The molecule has 7 heteroatoms. The fraction of sp³-hybridized carbons (Fsp3) is 0.0800. The van der Waals surface area contributed by atoms with E-state index in [1.807, 2.05) is 60.7 Å². The Labute approximate surface area is 185 Å². The van der Waals surface area contributed by atoms with E-state index in [1.165, 1.54) is 13.0 Å². The van der Waals surface area contributed by atoms with E-state index in [0.29, 0.717) is 18.1 Å². The highest BCUT2D eigenvalue weighted by Crippen LogP contribution is 2.23. The molecule has 6 nitrogen and oxygen atoms in total. The highest BCUT2D eigenvalue weighted by molar-refractivity contribution is 5.88. The van der Waals surface area contributed by atoms with E-state index in [0.717, 1.165) is 28.3 Å². The Bertz CT molecular complexity index is 1230. The molecule has 0 fully saturated rings. The maximum absolute atomic E-state index is 13.8. The van der Waals surface area contributed by atoms with Crippen LogP contribution in [0.5, 0.6) is 0 Å². The lowest BCUT2D eigenvalue weighted by Crippen LogP contribution is -2.05. The molecule has 3 aromatic carbocycles. The summed E-state index contributed by atoms with van der Waals surface area (Å²) >= 11 is 0. The van der Waals surface area contributed by atoms with Crippen molar-refractivity contribution in [2.24, 2.45) is 0 Å². The lowest BCUT2D eigenvalue weighted by Gasteiger charge is -2.11. The Kier molecular flexibility index (Phi) is 6.36. The van der Waals surface area contributed by atoms with Crippen LogP contribution in [0.15, 0.2) is 85.1 Å². The molecule has 1 heterocycles. The molecule has 0 aliphatic carbocycles. The van der Waals surface area contributed by atoms with Crippen molar-refractivity contribution in [3.05, 3.63) is 96.4 Å². The molecule has 0 saturated carbocycles. The summed E-state index contributed by atoms with van der Waals surface area (Å²) in [5.74, 6) is 0.112. The minimum atomic E-state index is -0.232. The summed E-state index contributed by atoms with van der Waals surface area (Å²) < 4.78 is 13.8. The molecule has 0 radical (unpaired) electrons. The van der Waals surface area contributed by atoms with Crippen LogP contribution in [-0.4, -0.2) is 15.9 Å². The third-order valence-corrected chi connectivity index (χ3v) is 4.72. The first-order valence-electron chi connectivity index (χ1n) is 10.1. The number of hydrogen-bond donors (Lipinski definition) is 3. The lowest BCUT2D eigenvalue weighted by molar-refractivity contribution is -0.114. The molecule has 0 spiro atoms. The van der Waals surface area contributed by atoms with Gasteiger partial charge in [-0.2, -0.15) is 0 Å². The minimum absolute atomic E-state index is 0.114. The Hall–Kier alpha value is -4.26. The van der Waals surface area contributed by atoms with Crippen LogP contribution >= 0.6 is 0 Å². The molecule has 0 unspecified atom stereocenters. The van der Waals surface area contributed by atoms with Crippen molar-refractivity contribution in [3.8, 4) is 11.3 Å². The first-order chi connectivity index (χ1) is 15.6. The number of nitrogens with zero attached hydrogens (tertiary/aromatic N) is 2. The third kappa shape index (κ3) is 5.46. The van der Waals surface area contributed by atoms with Crippen molar-refractivity contribution < 1.29 is 9.18 Å². The molecule has 4 rings (SSSR count). The summed E-state index contributed by atoms with van der Waals surface area (Å²) in [7, 11) is 0. The van der Waals surface area contributed by atoms with E-state index >= 15 is 0 Å². The second-order valence-electron chi connectivity index (χ2n) is 7.17. The fourth-order valence-electron chi connectivity index (χ4n) is 3.18. The van der Waals surface area contributed by atoms with Crippen LogP contribution < -0.4 is 16.0 Å². The van der Waals surface area contributed by atoms with Gasteiger partial charge in [0.1, 0.15) is 5.82 Å². The highest BCUT2D eigenvalue weighted by Gasteiger charge is 2.05. The number of carbonyl (C=O) groups excluding carboxylic acids is 1. The second kappa shape index (κ2) is 9.70. The van der Waals surface area contributed by atoms with Crippen LogP contribution in [-0.2, 0) is 11.3 Å². The van der Waals surface area contributed by atoms with E-state index in [4.69, 9.17) is 0 Å². The van der Waals surface area contributed by atoms with Gasteiger partial charge in [-0.3, -0.25) is 4.79 Å². The number of anilines is 4. The zero-order valence-corrected chi connectivity index (χ0v) is 17.5. The molecule has 32 heavy (non-hydrogen) atoms. The van der Waals surface area contributed by atoms with Crippen molar-refractivity contribution in [2.75, 3.05) is 16.0 Å². The summed E-state index contributed by atoms with van der Waals surface area (Å²) in [5, 5.41) is 9.19. The summed E-state index contributed by atoms with van der Waals surface area (Å²) in [6, 6.07) is 23.6. The van der Waals surface area contributed by atoms with Crippen LogP contribution in [0.4, 0.5) is 27.4 Å². The Morgan fingerprint density at radius 1 is 0.906 bits per heavy atom. The third-order valence-electron chi connectivity index (χ3n) is 4.72. The van der Waals surface area contributed by atoms with Gasteiger partial charge in [-0.05, 0) is 42.5 Å². The van der Waals surface area contributed by atoms with Gasteiger partial charge in [-0.15, -0.1) is 0 Å². The number of amides is 1. The van der Waals surface area contributed by atoms with Crippen molar-refractivity contribution >= 4 is 28.9 Å². The van der Waals surface area contributed by atoms with Crippen molar-refractivity contribution in [2.45, 2.75) is 13.5 Å². The number of nitrogens with one attached hydrogen (secondary N) is 3. The van der Waals surface area contributed by atoms with Crippen LogP contribution in [0, 0.1) is 5.82 Å². The second-order valence-corrected chi connectivity index (χ2v) is 7.17. The van der Waals surface area contributed by atoms with Gasteiger partial charge < -0.3 is 16.0 Å². The van der Waals surface area contributed by atoms with Gasteiger partial charge in [0.2, 0.25) is 11.9 Å². The van der Waals surface area contributed by atoms with E-state index < -0.39 is 0 Å². The lowest BCUT2D eigenvalue weighted by atomic mass is 10.1. The largest absolute Gasteiger partial charge is 0.381 e. The summed E-state index contributed by atoms with van der Waals surface area (Å²) in [5.41, 5.74) is 4.65. The average Bonchev–Trinajstić information content (AvgIpc) is 2.79. The minimum Gasteiger partial charge on any atom is -0.381 e. The summed E-state index contributed by atoms with van der Waals surface area (Å²) in [6.45, 7) is 1.86. The quantitative estimate of drug-likeness (QED) is 0.358. The Balaban J connectivity index is 1.45. The van der Waals surface area contributed by atoms with Crippen LogP contribution in [0.2, 0.25) is 0 Å². The zero-order chi connectivity index (χ0) is 22.3. The molecule has 0 aliphatic rings. The van der Waals surface area contributed by atoms with E-state index in [2.05, 4.69) is 25.9 Å². The molecule has 3 N–H and O–H groups in total. The topological polar surface area (TPSA) is 78.9 Å². The molecule has 1 aromatic heterocycles. The van der Waals surface area contributed by atoms with Gasteiger partial charge in [0, 0.05) is 47.9 Å². The SMILES string of the molecule is CC(=O)Nc1ccc(-c2ccnc(Nc3cccc(NCc4ccccc4F)c3)n2)cc1. The first kappa shape index (κ1) is 21.0. The summed E-state index contributed by atoms with van der Waals surface area (Å²) in [6.07, 6.45) is 1.69. The molecule has 1 amide bonds. The molecule has 0 aliphatic heterocycles. The highest BCUT2D eigenvalue weighted by atomic mass is 19.1. The predicted molar refractivity (Wildman–Crippen MR) is 125 cm³/mol. The number of aromatic nitrogens is 2. The molecule has 160 valence electrons. The number of benzene rings is 3. The van der Waals surface area contributed by atoms with Crippen molar-refractivity contribution in [3.63, 3.8) is 0 Å². The first-order valence-corrected chi connectivity index (χ1v) is 10.1. The van der Waals surface area contributed by atoms with Crippen LogP contribution in [0.3, 0.4) is 0 Å². The Morgan fingerprint density at radius 2 is 1.69 bits per heavy atom. The van der Waals surface area contributed by atoms with Crippen molar-refractivity contribution in [1.29, 1.82) is 0 Å². The standard InChI is InChI=1S/C25H22FN5O/c1-17(32)29-20-11-9-18(10-12-20)24-13-14-27-25(31-24)30-22-7-4-6-21(15-22)28-16-19-5-2-3-8-23(19)26/h2-15,28H,16H2,1H3,(H,29,32)(H,27,30,31). The van der Waals surface area contributed by atoms with Gasteiger partial charge >= 0.3 is 0 Å². The van der Waals surface area contributed by atoms with E-state index in [1.54, 1.807) is 18.3 Å². The van der Waals surface area contributed by atoms with Crippen LogP contribution in [0.1, 0.15) is 12.5 Å². The van der Waals surface area contributed by atoms with Gasteiger partial charge in [0.25, 0.3) is 0 Å². The zero-order valence-electron chi connectivity index (χ0n) is 17.5. The molecule has 0 atom stereocenters. The van der Waals surface area contributed by atoms with Gasteiger partial charge in [-0.1, -0.05) is 36.4 Å². The molecule has 0 saturated heterocycles. The van der Waals surface area contributed by atoms with Gasteiger partial charge in [0.05, 0.1) is 5.69 Å². The Morgan fingerprint density at radius 3 is 2.47 bits per heavy atom.